The van der Waals surface area contributed by atoms with Crippen LogP contribution < -0.4 is 0 Å². The minimum absolute atomic E-state index is 0. The maximum Gasteiger partial charge on any atom is 0.0790 e. The Morgan fingerprint density at radius 3 is 2.44 bits per heavy atom. The molecule has 151 valence electrons. The monoisotopic (exact) mass is 468 g/mol. The van der Waals surface area contributed by atoms with Gasteiger partial charge in [0, 0.05) is 44.0 Å². The number of halogens is 1. The van der Waals surface area contributed by atoms with Crippen molar-refractivity contribution in [2.75, 3.05) is 0 Å². The van der Waals surface area contributed by atoms with Crippen molar-refractivity contribution in [3.63, 3.8) is 0 Å². The predicted molar refractivity (Wildman–Crippen MR) is 110 cm³/mol. The molecule has 0 aromatic heterocycles. The molecular formula is C23H36ClO2Y-. The Balaban J connectivity index is 0.00000364. The van der Waals surface area contributed by atoms with E-state index in [-0.39, 0.29) is 56.2 Å². The summed E-state index contributed by atoms with van der Waals surface area (Å²) in [4.78, 5) is 0. The molecule has 1 radical (unpaired) electrons. The SMILES string of the molecule is [CH2-]CCCCCC1C(c2ccc(C(O)CCCCC)cc2)[C@H](O)C[C@H]1Cl.[Y]. The van der Waals surface area contributed by atoms with Crippen LogP contribution in [-0.4, -0.2) is 21.7 Å². The molecule has 2 nitrogen and oxygen atoms in total. The van der Waals surface area contributed by atoms with Crippen LogP contribution in [-0.2, 0) is 32.7 Å². The molecule has 0 aliphatic heterocycles. The van der Waals surface area contributed by atoms with Crippen molar-refractivity contribution in [3.05, 3.63) is 42.3 Å². The number of aliphatic hydroxyl groups excluding tert-OH is 2. The maximum atomic E-state index is 10.6. The van der Waals surface area contributed by atoms with Gasteiger partial charge >= 0.3 is 0 Å². The minimum atomic E-state index is -0.386. The van der Waals surface area contributed by atoms with Crippen LogP contribution >= 0.6 is 11.6 Å². The van der Waals surface area contributed by atoms with E-state index in [2.05, 4.69) is 26.0 Å². The quantitative estimate of drug-likeness (QED) is 0.232. The molecule has 1 aromatic carbocycles. The van der Waals surface area contributed by atoms with E-state index in [4.69, 9.17) is 11.6 Å². The average molecular weight is 469 g/mol. The molecule has 0 bridgehead atoms. The molecule has 1 saturated carbocycles. The number of benzene rings is 1. The summed E-state index contributed by atoms with van der Waals surface area (Å²) < 4.78 is 0. The second kappa shape index (κ2) is 13.7. The van der Waals surface area contributed by atoms with Gasteiger partial charge in [-0.15, -0.1) is 11.6 Å². The number of hydrogen-bond acceptors (Lipinski definition) is 2. The molecule has 27 heavy (non-hydrogen) atoms. The van der Waals surface area contributed by atoms with Gasteiger partial charge in [-0.25, -0.2) is 0 Å². The van der Waals surface area contributed by atoms with Crippen LogP contribution in [0.5, 0.6) is 0 Å². The Bertz CT molecular complexity index is 508. The van der Waals surface area contributed by atoms with E-state index in [1.807, 2.05) is 12.1 Å². The van der Waals surface area contributed by atoms with E-state index in [0.717, 1.165) is 56.1 Å². The van der Waals surface area contributed by atoms with Gasteiger partial charge in [-0.05, 0) is 36.3 Å². The minimum Gasteiger partial charge on any atom is -0.392 e. The van der Waals surface area contributed by atoms with Crippen molar-refractivity contribution in [1.29, 1.82) is 0 Å². The third-order valence-corrected chi connectivity index (χ3v) is 6.38. The van der Waals surface area contributed by atoms with E-state index in [1.165, 1.54) is 12.8 Å². The normalized spacial score (nSPS) is 26.0. The zero-order valence-corrected chi connectivity index (χ0v) is 20.4. The van der Waals surface area contributed by atoms with E-state index in [0.29, 0.717) is 12.3 Å². The van der Waals surface area contributed by atoms with Crippen LogP contribution in [0, 0.1) is 12.8 Å². The summed E-state index contributed by atoms with van der Waals surface area (Å²) in [5.74, 6) is 0.445. The molecule has 0 spiro atoms. The molecular weight excluding hydrogens is 433 g/mol. The summed E-state index contributed by atoms with van der Waals surface area (Å²) in [6.07, 6.45) is 9.69. The number of alkyl halides is 1. The zero-order chi connectivity index (χ0) is 18.9. The van der Waals surface area contributed by atoms with Crippen LogP contribution in [0.1, 0.15) is 94.3 Å². The maximum absolute atomic E-state index is 10.6. The molecule has 1 fully saturated rings. The smallest absolute Gasteiger partial charge is 0.0790 e. The van der Waals surface area contributed by atoms with Gasteiger partial charge in [0.2, 0.25) is 0 Å². The largest absolute Gasteiger partial charge is 0.392 e. The van der Waals surface area contributed by atoms with E-state index >= 15 is 0 Å². The first-order chi connectivity index (χ1) is 12.6. The molecule has 5 atom stereocenters. The number of aliphatic hydroxyl groups is 2. The fourth-order valence-corrected chi connectivity index (χ4v) is 4.79. The summed E-state index contributed by atoms with van der Waals surface area (Å²) in [5.41, 5.74) is 2.14. The third-order valence-electron chi connectivity index (χ3n) is 5.88. The first-order valence-electron chi connectivity index (χ1n) is 10.5. The second-order valence-electron chi connectivity index (χ2n) is 7.89. The Hall–Kier alpha value is 0.534. The first-order valence-corrected chi connectivity index (χ1v) is 10.9. The average Bonchev–Trinajstić information content (AvgIpc) is 2.92. The summed E-state index contributed by atoms with van der Waals surface area (Å²) in [6, 6.07) is 8.23. The summed E-state index contributed by atoms with van der Waals surface area (Å²) in [7, 11) is 0. The van der Waals surface area contributed by atoms with E-state index in [9.17, 15) is 10.2 Å². The van der Waals surface area contributed by atoms with Crippen molar-refractivity contribution in [2.24, 2.45) is 5.92 Å². The van der Waals surface area contributed by atoms with Gasteiger partial charge in [0.15, 0.2) is 0 Å². The van der Waals surface area contributed by atoms with Gasteiger partial charge in [0.1, 0.15) is 0 Å². The van der Waals surface area contributed by atoms with Crippen molar-refractivity contribution >= 4 is 11.6 Å². The van der Waals surface area contributed by atoms with Crippen molar-refractivity contribution in [1.82, 2.24) is 0 Å². The Labute approximate surface area is 196 Å². The van der Waals surface area contributed by atoms with Gasteiger partial charge in [-0.3, -0.25) is 0 Å². The van der Waals surface area contributed by atoms with Crippen LogP contribution in [0.2, 0.25) is 0 Å². The molecule has 0 amide bonds. The molecule has 1 aromatic rings. The molecule has 2 rings (SSSR count). The molecule has 1 aliphatic rings. The van der Waals surface area contributed by atoms with Gasteiger partial charge in [0.25, 0.3) is 0 Å². The second-order valence-corrected chi connectivity index (χ2v) is 8.45. The number of hydrogen-bond donors (Lipinski definition) is 2. The molecule has 2 N–H and O–H groups in total. The summed E-state index contributed by atoms with van der Waals surface area (Å²) in [5, 5.41) is 21.0. The van der Waals surface area contributed by atoms with Crippen molar-refractivity contribution in [3.8, 4) is 0 Å². The van der Waals surface area contributed by atoms with E-state index < -0.39 is 0 Å². The molecule has 0 saturated heterocycles. The van der Waals surface area contributed by atoms with Gasteiger partial charge in [-0.2, -0.15) is 6.42 Å². The fraction of sp³-hybridized carbons (Fsp3) is 0.696. The standard InChI is InChI=1S/C23H36ClO2.Y/c1-3-5-7-9-10-19-20(24)16-22(26)23(19)18-14-12-17(13-15-18)21(25)11-8-6-4-2;/h12-15,19-23,25-26H,1,3-11,16H2,2H3;/q-1;/t19?,20-,21?,22-,23?;/m1./s1. The summed E-state index contributed by atoms with van der Waals surface area (Å²) >= 11 is 6.57. The van der Waals surface area contributed by atoms with Crippen LogP contribution in [0.4, 0.5) is 0 Å². The molecule has 0 heterocycles. The Morgan fingerprint density at radius 2 is 1.81 bits per heavy atom. The number of unbranched alkanes of at least 4 members (excludes halogenated alkanes) is 5. The Kier molecular flexibility index (Phi) is 13.0. The van der Waals surface area contributed by atoms with Gasteiger partial charge in [-0.1, -0.05) is 69.7 Å². The van der Waals surface area contributed by atoms with Crippen molar-refractivity contribution < 1.29 is 42.9 Å². The van der Waals surface area contributed by atoms with Crippen molar-refractivity contribution in [2.45, 2.75) is 94.6 Å². The zero-order valence-electron chi connectivity index (χ0n) is 16.8. The van der Waals surface area contributed by atoms with Gasteiger partial charge < -0.3 is 17.1 Å². The predicted octanol–water partition coefficient (Wildman–Crippen LogP) is 6.15. The molecule has 4 heteroatoms. The van der Waals surface area contributed by atoms with Gasteiger partial charge in [0.05, 0.1) is 12.2 Å². The summed E-state index contributed by atoms with van der Waals surface area (Å²) in [6.45, 7) is 6.08. The molecule has 3 unspecified atom stereocenters. The topological polar surface area (TPSA) is 40.5 Å². The molecule has 1 aliphatic carbocycles. The fourth-order valence-electron chi connectivity index (χ4n) is 4.32. The van der Waals surface area contributed by atoms with E-state index in [1.54, 1.807) is 0 Å². The Morgan fingerprint density at radius 1 is 1.11 bits per heavy atom. The van der Waals surface area contributed by atoms with Crippen LogP contribution in [0.15, 0.2) is 24.3 Å². The van der Waals surface area contributed by atoms with Crippen LogP contribution in [0.25, 0.3) is 0 Å². The van der Waals surface area contributed by atoms with Crippen LogP contribution in [0.3, 0.4) is 0 Å². The number of rotatable bonds is 11. The first kappa shape index (κ1) is 25.6. The third kappa shape index (κ3) is 7.70.